The molecule has 0 bridgehead atoms. The maximum Gasteiger partial charge on any atom is 0.309 e. The molecular formula is C20H34O3. The third-order valence-corrected chi connectivity index (χ3v) is 3.95. The number of carbonyl (C=O) groups is 1. The molecule has 0 fully saturated rings. The van der Waals surface area contributed by atoms with Crippen LogP contribution < -0.4 is 4.74 Å². The Kier molecular flexibility index (Phi) is 8.36. The lowest BCUT2D eigenvalue weighted by Gasteiger charge is -2.21. The Morgan fingerprint density at radius 3 is 1.83 bits per heavy atom. The molecule has 1 atom stereocenters. The standard InChI is InChI=1S/C14H22O.C6H12O2/c1-6-11(2)12-7-9-13(10-8-12)15-14(3,4)5;1-4-6(2,3)5(7)8/h7-11H,6H2,1-5H3;4H2,1-3H3,(H,7,8). The van der Waals surface area contributed by atoms with Crippen LogP contribution in [0, 0.1) is 5.41 Å². The molecule has 3 nitrogen and oxygen atoms in total. The van der Waals surface area contributed by atoms with Crippen molar-refractivity contribution in [1.29, 1.82) is 0 Å². The maximum absolute atomic E-state index is 10.3. The van der Waals surface area contributed by atoms with Gasteiger partial charge in [-0.3, -0.25) is 4.79 Å². The number of hydrogen-bond acceptors (Lipinski definition) is 2. The van der Waals surface area contributed by atoms with E-state index in [1.54, 1.807) is 13.8 Å². The third kappa shape index (κ3) is 8.63. The number of benzene rings is 1. The van der Waals surface area contributed by atoms with E-state index >= 15 is 0 Å². The quantitative estimate of drug-likeness (QED) is 0.735. The molecule has 1 N–H and O–H groups in total. The van der Waals surface area contributed by atoms with E-state index in [-0.39, 0.29) is 5.60 Å². The van der Waals surface area contributed by atoms with E-state index in [2.05, 4.69) is 58.9 Å². The molecule has 1 aromatic rings. The molecule has 3 heteroatoms. The van der Waals surface area contributed by atoms with E-state index in [9.17, 15) is 4.79 Å². The molecule has 1 unspecified atom stereocenters. The minimum Gasteiger partial charge on any atom is -0.488 e. The van der Waals surface area contributed by atoms with Crippen molar-refractivity contribution in [2.24, 2.45) is 5.41 Å². The summed E-state index contributed by atoms with van der Waals surface area (Å²) in [6, 6.07) is 8.45. The first-order chi connectivity index (χ1) is 10.4. The highest BCUT2D eigenvalue weighted by Gasteiger charge is 2.23. The highest BCUT2D eigenvalue weighted by atomic mass is 16.5. The lowest BCUT2D eigenvalue weighted by molar-refractivity contribution is -0.147. The molecular weight excluding hydrogens is 288 g/mol. The Morgan fingerprint density at radius 2 is 1.57 bits per heavy atom. The van der Waals surface area contributed by atoms with Crippen molar-refractivity contribution in [2.45, 2.75) is 79.8 Å². The summed E-state index contributed by atoms with van der Waals surface area (Å²) >= 11 is 0. The van der Waals surface area contributed by atoms with Gasteiger partial charge in [0.1, 0.15) is 11.4 Å². The first-order valence-corrected chi connectivity index (χ1v) is 8.45. The van der Waals surface area contributed by atoms with Crippen molar-refractivity contribution in [3.05, 3.63) is 29.8 Å². The zero-order chi connectivity index (χ0) is 18.3. The van der Waals surface area contributed by atoms with Gasteiger partial charge in [0.25, 0.3) is 0 Å². The van der Waals surface area contributed by atoms with Gasteiger partial charge in [0.05, 0.1) is 5.41 Å². The Bertz CT molecular complexity index is 467. The van der Waals surface area contributed by atoms with Crippen LogP contribution in [-0.2, 0) is 4.79 Å². The lowest BCUT2D eigenvalue weighted by Crippen LogP contribution is -2.22. The highest BCUT2D eigenvalue weighted by molar-refractivity contribution is 5.73. The summed E-state index contributed by atoms with van der Waals surface area (Å²) < 4.78 is 5.77. The Balaban J connectivity index is 0.000000515. The molecule has 23 heavy (non-hydrogen) atoms. The zero-order valence-corrected chi connectivity index (χ0v) is 16.1. The molecule has 1 aromatic carbocycles. The van der Waals surface area contributed by atoms with E-state index in [0.29, 0.717) is 12.3 Å². The fourth-order valence-electron chi connectivity index (χ4n) is 1.60. The van der Waals surface area contributed by atoms with Gasteiger partial charge in [-0.1, -0.05) is 32.9 Å². The molecule has 0 aromatic heterocycles. The molecule has 132 valence electrons. The van der Waals surface area contributed by atoms with E-state index in [1.807, 2.05) is 6.92 Å². The van der Waals surface area contributed by atoms with Gasteiger partial charge in [-0.2, -0.15) is 0 Å². The minimum atomic E-state index is -0.722. The van der Waals surface area contributed by atoms with E-state index < -0.39 is 11.4 Å². The minimum absolute atomic E-state index is 0.113. The third-order valence-electron chi connectivity index (χ3n) is 3.95. The number of ether oxygens (including phenoxy) is 1. The number of carboxylic acid groups (broad SMARTS) is 1. The van der Waals surface area contributed by atoms with Gasteiger partial charge in [0.2, 0.25) is 0 Å². The monoisotopic (exact) mass is 322 g/mol. The summed E-state index contributed by atoms with van der Waals surface area (Å²) in [7, 11) is 0. The van der Waals surface area contributed by atoms with Crippen molar-refractivity contribution >= 4 is 5.97 Å². The SMILES string of the molecule is CCC(C)(C)C(=O)O.CCC(C)c1ccc(OC(C)(C)C)cc1. The highest BCUT2D eigenvalue weighted by Crippen LogP contribution is 2.23. The van der Waals surface area contributed by atoms with Gasteiger partial charge in [-0.15, -0.1) is 0 Å². The fraction of sp³-hybridized carbons (Fsp3) is 0.650. The van der Waals surface area contributed by atoms with Gasteiger partial charge in [-0.25, -0.2) is 0 Å². The van der Waals surface area contributed by atoms with Crippen LogP contribution in [0.25, 0.3) is 0 Å². The number of rotatable bonds is 5. The van der Waals surface area contributed by atoms with E-state index in [1.165, 1.54) is 12.0 Å². The van der Waals surface area contributed by atoms with E-state index in [4.69, 9.17) is 9.84 Å². The van der Waals surface area contributed by atoms with Gasteiger partial charge >= 0.3 is 5.97 Å². The van der Waals surface area contributed by atoms with Crippen LogP contribution in [0.15, 0.2) is 24.3 Å². The molecule has 0 saturated heterocycles. The average Bonchev–Trinajstić information content (AvgIpc) is 2.46. The predicted octanol–water partition coefficient (Wildman–Crippen LogP) is 5.88. The molecule has 0 saturated carbocycles. The number of hydrogen-bond donors (Lipinski definition) is 1. The van der Waals surface area contributed by atoms with E-state index in [0.717, 1.165) is 5.75 Å². The van der Waals surface area contributed by atoms with Crippen LogP contribution >= 0.6 is 0 Å². The lowest BCUT2D eigenvalue weighted by atomic mass is 9.91. The first-order valence-electron chi connectivity index (χ1n) is 8.45. The normalized spacial score (nSPS) is 12.9. The average molecular weight is 322 g/mol. The molecule has 0 heterocycles. The van der Waals surface area contributed by atoms with Crippen molar-refractivity contribution in [1.82, 2.24) is 0 Å². The summed E-state index contributed by atoms with van der Waals surface area (Å²) in [5.74, 6) is 0.864. The predicted molar refractivity (Wildman–Crippen MR) is 97.2 cm³/mol. The molecule has 0 spiro atoms. The van der Waals surface area contributed by atoms with Gasteiger partial charge in [0, 0.05) is 0 Å². The summed E-state index contributed by atoms with van der Waals surface area (Å²) in [4.78, 5) is 10.3. The van der Waals surface area contributed by atoms with Crippen LogP contribution in [0.5, 0.6) is 5.75 Å². The Hall–Kier alpha value is -1.51. The summed E-state index contributed by atoms with van der Waals surface area (Å²) in [6.45, 7) is 16.0. The van der Waals surface area contributed by atoms with Crippen LogP contribution in [0.3, 0.4) is 0 Å². The van der Waals surface area contributed by atoms with Crippen LogP contribution in [-0.4, -0.2) is 16.7 Å². The van der Waals surface area contributed by atoms with Crippen molar-refractivity contribution in [2.75, 3.05) is 0 Å². The van der Waals surface area contributed by atoms with Crippen LogP contribution in [0.4, 0.5) is 0 Å². The van der Waals surface area contributed by atoms with Crippen molar-refractivity contribution in [3.63, 3.8) is 0 Å². The van der Waals surface area contributed by atoms with Gasteiger partial charge < -0.3 is 9.84 Å². The maximum atomic E-state index is 10.3. The molecule has 0 aliphatic rings. The fourth-order valence-corrected chi connectivity index (χ4v) is 1.60. The smallest absolute Gasteiger partial charge is 0.309 e. The topological polar surface area (TPSA) is 46.5 Å². The Morgan fingerprint density at radius 1 is 1.09 bits per heavy atom. The Labute approximate surface area is 142 Å². The molecule has 0 aliphatic carbocycles. The number of carboxylic acids is 1. The molecule has 0 aliphatic heterocycles. The zero-order valence-electron chi connectivity index (χ0n) is 16.1. The second-order valence-electron chi connectivity index (χ2n) is 7.64. The largest absolute Gasteiger partial charge is 0.488 e. The number of aliphatic carboxylic acids is 1. The second-order valence-corrected chi connectivity index (χ2v) is 7.64. The molecule has 1 rings (SSSR count). The molecule has 0 radical (unpaired) electrons. The molecule has 0 amide bonds. The van der Waals surface area contributed by atoms with Gasteiger partial charge in [0.15, 0.2) is 0 Å². The summed E-state index contributed by atoms with van der Waals surface area (Å²) in [5, 5.41) is 8.44. The van der Waals surface area contributed by atoms with Crippen LogP contribution in [0.2, 0.25) is 0 Å². The summed E-state index contributed by atoms with van der Waals surface area (Å²) in [5.41, 5.74) is 0.733. The summed E-state index contributed by atoms with van der Waals surface area (Å²) in [6.07, 6.45) is 1.86. The first kappa shape index (κ1) is 21.5. The van der Waals surface area contributed by atoms with Gasteiger partial charge in [-0.05, 0) is 71.1 Å². The van der Waals surface area contributed by atoms with Crippen molar-refractivity contribution in [3.8, 4) is 5.75 Å². The van der Waals surface area contributed by atoms with Crippen LogP contribution in [0.1, 0.15) is 79.7 Å². The second kappa shape index (κ2) is 8.95. The van der Waals surface area contributed by atoms with Crippen molar-refractivity contribution < 1.29 is 14.6 Å².